The molecule has 1 aliphatic carbocycles. The quantitative estimate of drug-likeness (QED) is 0.744. The Bertz CT molecular complexity index is 393. The highest BCUT2D eigenvalue weighted by Crippen LogP contribution is 2.22. The van der Waals surface area contributed by atoms with Crippen molar-refractivity contribution in [2.45, 2.75) is 71.9 Å². The molecule has 0 aliphatic heterocycles. The molecular weight excluding hydrogens is 246 g/mol. The molecule has 1 heterocycles. The van der Waals surface area contributed by atoms with Crippen LogP contribution in [0.1, 0.15) is 65.1 Å². The minimum Gasteiger partial charge on any atom is -0.314 e. The second kappa shape index (κ2) is 7.26. The summed E-state index contributed by atoms with van der Waals surface area (Å²) in [5.74, 6) is 1.48. The van der Waals surface area contributed by atoms with E-state index >= 15 is 0 Å². The van der Waals surface area contributed by atoms with Gasteiger partial charge in [0, 0.05) is 18.3 Å². The van der Waals surface area contributed by atoms with Crippen molar-refractivity contribution in [2.24, 2.45) is 11.8 Å². The molecule has 2 atom stereocenters. The summed E-state index contributed by atoms with van der Waals surface area (Å²) in [5.41, 5.74) is 1.26. The summed E-state index contributed by atoms with van der Waals surface area (Å²) in [6, 6.07) is 3.52. The van der Waals surface area contributed by atoms with E-state index in [0.29, 0.717) is 6.04 Å². The molecule has 0 saturated heterocycles. The third kappa shape index (κ3) is 4.93. The Morgan fingerprint density at radius 3 is 2.70 bits per heavy atom. The van der Waals surface area contributed by atoms with E-state index in [2.05, 4.69) is 50.0 Å². The van der Waals surface area contributed by atoms with E-state index < -0.39 is 0 Å². The molecule has 3 nitrogen and oxygen atoms in total. The second-order valence-corrected chi connectivity index (χ2v) is 6.93. The molecule has 0 radical (unpaired) electrons. The summed E-state index contributed by atoms with van der Waals surface area (Å²) in [6.45, 7) is 10.2. The van der Waals surface area contributed by atoms with E-state index in [1.165, 1.54) is 25.0 Å². The zero-order chi connectivity index (χ0) is 14.5. The van der Waals surface area contributed by atoms with E-state index in [1.807, 2.05) is 0 Å². The first-order valence-corrected chi connectivity index (χ1v) is 8.35. The van der Waals surface area contributed by atoms with Gasteiger partial charge in [-0.05, 0) is 63.5 Å². The first-order valence-electron chi connectivity index (χ1n) is 8.35. The van der Waals surface area contributed by atoms with Gasteiger partial charge in [0.05, 0.1) is 5.69 Å². The van der Waals surface area contributed by atoms with Gasteiger partial charge in [0.15, 0.2) is 0 Å². The zero-order valence-corrected chi connectivity index (χ0v) is 13.6. The fourth-order valence-corrected chi connectivity index (χ4v) is 2.74. The molecule has 114 valence electrons. The summed E-state index contributed by atoms with van der Waals surface area (Å²) in [4.78, 5) is 0. The van der Waals surface area contributed by atoms with Gasteiger partial charge in [-0.15, -0.1) is 0 Å². The molecule has 2 rings (SSSR count). The topological polar surface area (TPSA) is 29.9 Å². The zero-order valence-electron chi connectivity index (χ0n) is 13.6. The van der Waals surface area contributed by atoms with Crippen molar-refractivity contribution in [3.05, 3.63) is 18.0 Å². The fraction of sp³-hybridized carbons (Fsp3) is 0.824. The van der Waals surface area contributed by atoms with Gasteiger partial charge in [0.1, 0.15) is 0 Å². The summed E-state index contributed by atoms with van der Waals surface area (Å²) < 4.78 is 2.12. The Hall–Kier alpha value is -0.830. The van der Waals surface area contributed by atoms with Crippen molar-refractivity contribution < 1.29 is 0 Å². The van der Waals surface area contributed by atoms with Gasteiger partial charge >= 0.3 is 0 Å². The number of rotatable bonds is 9. The van der Waals surface area contributed by atoms with Gasteiger partial charge in [0.25, 0.3) is 0 Å². The van der Waals surface area contributed by atoms with E-state index in [4.69, 9.17) is 5.10 Å². The van der Waals surface area contributed by atoms with Gasteiger partial charge in [-0.25, -0.2) is 0 Å². The minimum absolute atomic E-state index is 0.511. The molecule has 1 N–H and O–H groups in total. The van der Waals surface area contributed by atoms with Crippen LogP contribution in [0, 0.1) is 11.8 Å². The molecule has 20 heavy (non-hydrogen) atoms. The van der Waals surface area contributed by atoms with E-state index in [1.54, 1.807) is 0 Å². The van der Waals surface area contributed by atoms with Crippen LogP contribution in [0.4, 0.5) is 0 Å². The van der Waals surface area contributed by atoms with Crippen molar-refractivity contribution in [3.8, 4) is 0 Å². The van der Waals surface area contributed by atoms with Gasteiger partial charge < -0.3 is 5.32 Å². The summed E-state index contributed by atoms with van der Waals surface area (Å²) in [7, 11) is 0. The van der Waals surface area contributed by atoms with Crippen LogP contribution < -0.4 is 5.32 Å². The van der Waals surface area contributed by atoms with Crippen LogP contribution in [-0.2, 0) is 6.42 Å². The fourth-order valence-electron chi connectivity index (χ4n) is 2.74. The standard InChI is InChI=1S/C17H31N3/c1-5-14(4)20-9-8-17(19-20)11-15(10-13(2)3)12-18-16-6-7-16/h8-9,13-16,18H,5-7,10-12H2,1-4H3. The second-order valence-electron chi connectivity index (χ2n) is 6.93. The van der Waals surface area contributed by atoms with E-state index in [9.17, 15) is 0 Å². The molecule has 1 fully saturated rings. The smallest absolute Gasteiger partial charge is 0.0627 e. The molecule has 1 aromatic rings. The highest BCUT2D eigenvalue weighted by molar-refractivity contribution is 5.01. The predicted molar refractivity (Wildman–Crippen MR) is 84.9 cm³/mol. The molecule has 3 heteroatoms. The Morgan fingerprint density at radius 1 is 1.35 bits per heavy atom. The lowest BCUT2D eigenvalue weighted by Crippen LogP contribution is -2.27. The molecule has 1 aliphatic rings. The van der Waals surface area contributed by atoms with Gasteiger partial charge in [-0.2, -0.15) is 5.10 Å². The highest BCUT2D eigenvalue weighted by atomic mass is 15.3. The Kier molecular flexibility index (Phi) is 5.64. The maximum absolute atomic E-state index is 4.76. The molecule has 0 bridgehead atoms. The highest BCUT2D eigenvalue weighted by Gasteiger charge is 2.22. The number of nitrogens with one attached hydrogen (secondary N) is 1. The lowest BCUT2D eigenvalue weighted by molar-refractivity contribution is 0.378. The van der Waals surface area contributed by atoms with Crippen LogP contribution in [0.3, 0.4) is 0 Å². The maximum atomic E-state index is 4.76. The van der Waals surface area contributed by atoms with Gasteiger partial charge in [-0.1, -0.05) is 20.8 Å². The largest absolute Gasteiger partial charge is 0.314 e. The maximum Gasteiger partial charge on any atom is 0.0627 e. The summed E-state index contributed by atoms with van der Waals surface area (Å²) in [6.07, 6.45) is 8.43. The van der Waals surface area contributed by atoms with Crippen molar-refractivity contribution in [1.29, 1.82) is 0 Å². The number of hydrogen-bond donors (Lipinski definition) is 1. The Morgan fingerprint density at radius 2 is 2.10 bits per heavy atom. The molecule has 1 aromatic heterocycles. The van der Waals surface area contributed by atoms with Crippen LogP contribution in [0.2, 0.25) is 0 Å². The van der Waals surface area contributed by atoms with Crippen LogP contribution in [0.25, 0.3) is 0 Å². The number of aromatic nitrogens is 2. The molecule has 1 saturated carbocycles. The first kappa shape index (κ1) is 15.6. The molecule has 0 spiro atoms. The average Bonchev–Trinajstić information content (AvgIpc) is 3.13. The lowest BCUT2D eigenvalue weighted by atomic mass is 9.93. The van der Waals surface area contributed by atoms with Crippen LogP contribution in [0.15, 0.2) is 12.3 Å². The summed E-state index contributed by atoms with van der Waals surface area (Å²) >= 11 is 0. The van der Waals surface area contributed by atoms with E-state index in [0.717, 1.165) is 37.3 Å². The number of nitrogens with zero attached hydrogens (tertiary/aromatic N) is 2. The van der Waals surface area contributed by atoms with Crippen molar-refractivity contribution >= 4 is 0 Å². The monoisotopic (exact) mass is 277 g/mol. The third-order valence-corrected chi connectivity index (χ3v) is 4.28. The normalized spacial score (nSPS) is 18.4. The van der Waals surface area contributed by atoms with Crippen molar-refractivity contribution in [1.82, 2.24) is 15.1 Å². The minimum atomic E-state index is 0.511. The third-order valence-electron chi connectivity index (χ3n) is 4.28. The molecule has 0 aromatic carbocycles. The van der Waals surface area contributed by atoms with Crippen molar-refractivity contribution in [3.63, 3.8) is 0 Å². The average molecular weight is 277 g/mol. The van der Waals surface area contributed by atoms with Crippen LogP contribution >= 0.6 is 0 Å². The van der Waals surface area contributed by atoms with Crippen LogP contribution in [-0.4, -0.2) is 22.4 Å². The van der Waals surface area contributed by atoms with E-state index in [-0.39, 0.29) is 0 Å². The Labute approximate surface area is 124 Å². The molecule has 2 unspecified atom stereocenters. The summed E-state index contributed by atoms with van der Waals surface area (Å²) in [5, 5.41) is 8.45. The molecule has 0 amide bonds. The predicted octanol–water partition coefficient (Wildman–Crippen LogP) is 3.81. The van der Waals surface area contributed by atoms with Gasteiger partial charge in [0.2, 0.25) is 0 Å². The van der Waals surface area contributed by atoms with Crippen molar-refractivity contribution in [2.75, 3.05) is 6.54 Å². The first-order chi connectivity index (χ1) is 9.58. The SMILES string of the molecule is CCC(C)n1ccc(CC(CNC2CC2)CC(C)C)n1. The Balaban J connectivity index is 1.89. The molecular formula is C17H31N3. The van der Waals surface area contributed by atoms with Crippen LogP contribution in [0.5, 0.6) is 0 Å². The van der Waals surface area contributed by atoms with Gasteiger partial charge in [-0.3, -0.25) is 4.68 Å². The number of hydrogen-bond acceptors (Lipinski definition) is 2. The lowest BCUT2D eigenvalue weighted by Gasteiger charge is -2.19.